The number of benzene rings is 1. The van der Waals surface area contributed by atoms with E-state index in [1.807, 2.05) is 0 Å². The number of carboxylic acid groups (broad SMARTS) is 1. The van der Waals surface area contributed by atoms with Crippen molar-refractivity contribution in [2.45, 2.75) is 13.8 Å². The first-order valence-corrected chi connectivity index (χ1v) is 6.71. The van der Waals surface area contributed by atoms with Crippen molar-refractivity contribution >= 4 is 23.5 Å². The number of nitrogens with two attached hydrogens (primary N) is 1. The van der Waals surface area contributed by atoms with Crippen molar-refractivity contribution in [1.82, 2.24) is 0 Å². The van der Waals surface area contributed by atoms with E-state index in [0.717, 1.165) is 0 Å². The summed E-state index contributed by atoms with van der Waals surface area (Å²) in [5.41, 5.74) is 5.12. The lowest BCUT2D eigenvalue weighted by atomic mass is 10.1. The summed E-state index contributed by atoms with van der Waals surface area (Å²) >= 11 is 0. The number of primary amides is 1. The van der Waals surface area contributed by atoms with E-state index < -0.39 is 35.0 Å². The van der Waals surface area contributed by atoms with Gasteiger partial charge < -0.3 is 20.9 Å². The lowest BCUT2D eigenvalue weighted by molar-refractivity contribution is -0.140. The van der Waals surface area contributed by atoms with Crippen LogP contribution >= 0.6 is 0 Å². The fourth-order valence-electron chi connectivity index (χ4n) is 2.76. The number of amides is 2. The summed E-state index contributed by atoms with van der Waals surface area (Å²) in [6, 6.07) is 4.41. The van der Waals surface area contributed by atoms with E-state index in [9.17, 15) is 14.4 Å². The number of nitrogens with one attached hydrogen (secondary N) is 1. The highest BCUT2D eigenvalue weighted by Gasteiger charge is 2.65. The third-order valence-electron chi connectivity index (χ3n) is 4.12. The zero-order valence-electron chi connectivity index (χ0n) is 12.5. The smallest absolute Gasteiger partial charge is 0.307 e. The molecule has 1 saturated carbocycles. The molecule has 0 saturated heterocycles. The minimum Gasteiger partial charge on any atom is -0.495 e. The van der Waals surface area contributed by atoms with Gasteiger partial charge in [0, 0.05) is 5.56 Å². The first-order chi connectivity index (χ1) is 10.2. The quantitative estimate of drug-likeness (QED) is 0.752. The van der Waals surface area contributed by atoms with Gasteiger partial charge in [-0.2, -0.15) is 0 Å². The standard InChI is InChI=1S/C15H18N2O5/c1-15(2)10(11(15)14(20)21)13(19)17-8-6-7(12(16)18)4-5-9(8)22-3/h4-6,10-11H,1-3H3,(H2,16,18)(H,17,19)(H,20,21). The number of aliphatic carboxylic acids is 1. The van der Waals surface area contributed by atoms with Crippen molar-refractivity contribution in [3.8, 4) is 5.75 Å². The summed E-state index contributed by atoms with van der Waals surface area (Å²) in [7, 11) is 1.43. The zero-order valence-corrected chi connectivity index (χ0v) is 12.5. The first-order valence-electron chi connectivity index (χ1n) is 6.71. The maximum Gasteiger partial charge on any atom is 0.307 e. The molecule has 4 N–H and O–H groups in total. The molecule has 0 aromatic heterocycles. The Kier molecular flexibility index (Phi) is 3.83. The molecular weight excluding hydrogens is 288 g/mol. The minimum atomic E-state index is -0.997. The van der Waals surface area contributed by atoms with Crippen molar-refractivity contribution in [3.63, 3.8) is 0 Å². The summed E-state index contributed by atoms with van der Waals surface area (Å²) < 4.78 is 5.12. The van der Waals surface area contributed by atoms with Crippen LogP contribution in [0.2, 0.25) is 0 Å². The van der Waals surface area contributed by atoms with Gasteiger partial charge in [-0.05, 0) is 23.6 Å². The molecule has 0 spiro atoms. The number of rotatable bonds is 5. The maximum atomic E-state index is 12.3. The van der Waals surface area contributed by atoms with Gasteiger partial charge in [0.1, 0.15) is 5.75 Å². The van der Waals surface area contributed by atoms with Crippen LogP contribution in [0.15, 0.2) is 18.2 Å². The van der Waals surface area contributed by atoms with Crippen LogP contribution in [0.1, 0.15) is 24.2 Å². The van der Waals surface area contributed by atoms with Crippen molar-refractivity contribution in [1.29, 1.82) is 0 Å². The number of hydrogen-bond acceptors (Lipinski definition) is 4. The van der Waals surface area contributed by atoms with Gasteiger partial charge in [0.2, 0.25) is 11.8 Å². The number of anilines is 1. The lowest BCUT2D eigenvalue weighted by Crippen LogP contribution is -2.19. The van der Waals surface area contributed by atoms with Gasteiger partial charge in [0.05, 0.1) is 24.6 Å². The van der Waals surface area contributed by atoms with Gasteiger partial charge in [0.25, 0.3) is 0 Å². The number of methoxy groups -OCH3 is 1. The Bertz CT molecular complexity index is 653. The average Bonchev–Trinajstić information content (AvgIpc) is 3.01. The molecule has 22 heavy (non-hydrogen) atoms. The van der Waals surface area contributed by atoms with E-state index in [1.165, 1.54) is 25.3 Å². The van der Waals surface area contributed by atoms with E-state index in [2.05, 4.69) is 5.32 Å². The Hall–Kier alpha value is -2.57. The van der Waals surface area contributed by atoms with Crippen LogP contribution in [-0.4, -0.2) is 30.0 Å². The van der Waals surface area contributed by atoms with Crippen LogP contribution in [-0.2, 0) is 9.59 Å². The fourth-order valence-corrected chi connectivity index (χ4v) is 2.76. The van der Waals surface area contributed by atoms with E-state index in [0.29, 0.717) is 5.75 Å². The second-order valence-corrected chi connectivity index (χ2v) is 5.88. The summed E-state index contributed by atoms with van der Waals surface area (Å²) in [6.07, 6.45) is 0. The van der Waals surface area contributed by atoms with Gasteiger partial charge >= 0.3 is 5.97 Å². The highest BCUT2D eigenvalue weighted by molar-refractivity contribution is 6.02. The molecule has 2 atom stereocenters. The molecule has 2 unspecified atom stereocenters. The molecule has 0 heterocycles. The van der Waals surface area contributed by atoms with Crippen LogP contribution in [0.4, 0.5) is 5.69 Å². The predicted octanol–water partition coefficient (Wildman–Crippen LogP) is 1.09. The van der Waals surface area contributed by atoms with Gasteiger partial charge in [-0.15, -0.1) is 0 Å². The Labute approximate surface area is 127 Å². The van der Waals surface area contributed by atoms with Gasteiger partial charge in [-0.3, -0.25) is 14.4 Å². The minimum absolute atomic E-state index is 0.223. The van der Waals surface area contributed by atoms with Gasteiger partial charge in [-0.1, -0.05) is 13.8 Å². The molecule has 1 aliphatic carbocycles. The highest BCUT2D eigenvalue weighted by Crippen LogP contribution is 2.58. The van der Waals surface area contributed by atoms with Crippen LogP contribution in [0, 0.1) is 17.3 Å². The number of ether oxygens (including phenoxy) is 1. The summed E-state index contributed by atoms with van der Waals surface area (Å²) in [4.78, 5) is 34.7. The number of carboxylic acids is 1. The third-order valence-corrected chi connectivity index (χ3v) is 4.12. The molecule has 2 rings (SSSR count). The normalized spacial score (nSPS) is 21.8. The SMILES string of the molecule is COc1ccc(C(N)=O)cc1NC(=O)C1C(C(=O)O)C1(C)C. The van der Waals surface area contributed by atoms with Gasteiger partial charge in [-0.25, -0.2) is 0 Å². The Balaban J connectivity index is 2.24. The number of carbonyl (C=O) groups is 3. The van der Waals surface area contributed by atoms with Crippen LogP contribution in [0.3, 0.4) is 0 Å². The van der Waals surface area contributed by atoms with E-state index in [1.54, 1.807) is 13.8 Å². The van der Waals surface area contributed by atoms with Crippen LogP contribution in [0.25, 0.3) is 0 Å². The van der Waals surface area contributed by atoms with Crippen molar-refractivity contribution < 1.29 is 24.2 Å². The Morgan fingerprint density at radius 2 is 1.91 bits per heavy atom. The molecular formula is C15H18N2O5. The average molecular weight is 306 g/mol. The van der Waals surface area contributed by atoms with Gasteiger partial charge in [0.15, 0.2) is 0 Å². The summed E-state index contributed by atoms with van der Waals surface area (Å²) in [5.74, 6) is -3.04. The predicted molar refractivity (Wildman–Crippen MR) is 78.5 cm³/mol. The van der Waals surface area contributed by atoms with Crippen molar-refractivity contribution in [2.75, 3.05) is 12.4 Å². The Morgan fingerprint density at radius 3 is 2.36 bits per heavy atom. The number of carbonyl (C=O) groups excluding carboxylic acids is 2. The summed E-state index contributed by atoms with van der Waals surface area (Å²) in [6.45, 7) is 3.46. The molecule has 1 aromatic carbocycles. The van der Waals surface area contributed by atoms with E-state index in [-0.39, 0.29) is 11.3 Å². The van der Waals surface area contributed by atoms with Crippen LogP contribution < -0.4 is 15.8 Å². The second-order valence-electron chi connectivity index (χ2n) is 5.88. The molecule has 2 amide bonds. The summed E-state index contributed by atoms with van der Waals surface area (Å²) in [5, 5.41) is 11.8. The zero-order chi connectivity index (χ0) is 16.7. The molecule has 0 aliphatic heterocycles. The molecule has 1 fully saturated rings. The fraction of sp³-hybridized carbons (Fsp3) is 0.400. The molecule has 7 heteroatoms. The van der Waals surface area contributed by atoms with E-state index in [4.69, 9.17) is 15.6 Å². The van der Waals surface area contributed by atoms with Crippen molar-refractivity contribution in [2.24, 2.45) is 23.0 Å². The largest absolute Gasteiger partial charge is 0.495 e. The van der Waals surface area contributed by atoms with E-state index >= 15 is 0 Å². The monoisotopic (exact) mass is 306 g/mol. The third kappa shape index (κ3) is 2.61. The number of hydrogen-bond donors (Lipinski definition) is 3. The first kappa shape index (κ1) is 15.8. The molecule has 0 radical (unpaired) electrons. The molecule has 1 aromatic rings. The van der Waals surface area contributed by atoms with Crippen molar-refractivity contribution in [3.05, 3.63) is 23.8 Å². The molecule has 0 bridgehead atoms. The van der Waals surface area contributed by atoms with Crippen LogP contribution in [0.5, 0.6) is 5.75 Å². The second kappa shape index (κ2) is 5.32. The molecule has 1 aliphatic rings. The highest BCUT2D eigenvalue weighted by atomic mass is 16.5. The molecule has 7 nitrogen and oxygen atoms in total. The topological polar surface area (TPSA) is 119 Å². The lowest BCUT2D eigenvalue weighted by Gasteiger charge is -2.11. The maximum absolute atomic E-state index is 12.3. The molecule has 118 valence electrons. The Morgan fingerprint density at radius 1 is 1.27 bits per heavy atom.